The van der Waals surface area contributed by atoms with Gasteiger partial charge in [-0.25, -0.2) is 0 Å². The Labute approximate surface area is 113 Å². The summed E-state index contributed by atoms with van der Waals surface area (Å²) in [6.07, 6.45) is 6.40. The van der Waals surface area contributed by atoms with Crippen molar-refractivity contribution in [2.45, 2.75) is 45.4 Å². The standard InChI is InChI=1S/C8H19O3P.Nd/c1-2-3-4-5-6-7-8-12(9,10)11;/h2-8H2,1H3,(H2,9,10,11);. The van der Waals surface area contributed by atoms with Crippen molar-refractivity contribution >= 4 is 7.60 Å². The van der Waals surface area contributed by atoms with Crippen LogP contribution in [0.15, 0.2) is 0 Å². The third-order valence-electron chi connectivity index (χ3n) is 1.80. The van der Waals surface area contributed by atoms with Gasteiger partial charge in [0.1, 0.15) is 0 Å². The molecule has 0 rings (SSSR count). The monoisotopic (exact) mass is 336 g/mol. The fourth-order valence-corrected chi connectivity index (χ4v) is 1.73. The fourth-order valence-electron chi connectivity index (χ4n) is 1.10. The first-order valence-electron chi connectivity index (χ1n) is 4.61. The predicted octanol–water partition coefficient (Wildman–Crippen LogP) is 2.52. The summed E-state index contributed by atoms with van der Waals surface area (Å²) in [6.45, 7) is 2.15. The van der Waals surface area contributed by atoms with Crippen molar-refractivity contribution in [3.05, 3.63) is 0 Å². The molecule has 0 bridgehead atoms. The van der Waals surface area contributed by atoms with Crippen molar-refractivity contribution in [1.29, 1.82) is 0 Å². The third kappa shape index (κ3) is 16.2. The summed E-state index contributed by atoms with van der Waals surface area (Å²) in [5, 5.41) is 0. The van der Waals surface area contributed by atoms with E-state index >= 15 is 0 Å². The Morgan fingerprint density at radius 2 is 1.46 bits per heavy atom. The van der Waals surface area contributed by atoms with Gasteiger partial charge < -0.3 is 9.79 Å². The van der Waals surface area contributed by atoms with Crippen molar-refractivity contribution in [3.8, 4) is 0 Å². The zero-order valence-electron chi connectivity index (χ0n) is 8.20. The minimum Gasteiger partial charge on any atom is -0.324 e. The first kappa shape index (κ1) is 16.9. The molecule has 0 spiro atoms. The maximum Gasteiger partial charge on any atom is 0.325 e. The quantitative estimate of drug-likeness (QED) is 0.554. The second-order valence-corrected chi connectivity index (χ2v) is 4.93. The Morgan fingerprint density at radius 3 is 1.92 bits per heavy atom. The summed E-state index contributed by atoms with van der Waals surface area (Å²) >= 11 is 0. The van der Waals surface area contributed by atoms with E-state index in [4.69, 9.17) is 9.79 Å². The maximum absolute atomic E-state index is 10.4. The molecule has 0 fully saturated rings. The molecule has 2 N–H and O–H groups in total. The Balaban J connectivity index is 0. The van der Waals surface area contributed by atoms with Gasteiger partial charge in [-0.1, -0.05) is 39.0 Å². The van der Waals surface area contributed by atoms with Gasteiger partial charge in [0, 0.05) is 47.0 Å². The minimum atomic E-state index is -3.72. The van der Waals surface area contributed by atoms with Gasteiger partial charge in [0.2, 0.25) is 0 Å². The molecule has 0 aromatic carbocycles. The van der Waals surface area contributed by atoms with Crippen LogP contribution in [-0.4, -0.2) is 15.9 Å². The summed E-state index contributed by atoms with van der Waals surface area (Å²) in [6, 6.07) is 0. The van der Waals surface area contributed by atoms with E-state index in [1.165, 1.54) is 19.3 Å². The molecule has 0 aromatic heterocycles. The summed E-state index contributed by atoms with van der Waals surface area (Å²) < 4.78 is 10.4. The number of hydrogen-bond acceptors (Lipinski definition) is 1. The molecule has 0 atom stereocenters. The van der Waals surface area contributed by atoms with E-state index in [1.807, 2.05) is 0 Å². The normalized spacial score (nSPS) is 11.0. The molecule has 0 amide bonds. The molecule has 0 aromatic rings. The maximum atomic E-state index is 10.4. The van der Waals surface area contributed by atoms with Gasteiger partial charge in [0.25, 0.3) is 0 Å². The van der Waals surface area contributed by atoms with Gasteiger partial charge in [-0.15, -0.1) is 0 Å². The molecule has 3 nitrogen and oxygen atoms in total. The topological polar surface area (TPSA) is 57.5 Å². The molecule has 5 heteroatoms. The van der Waals surface area contributed by atoms with Gasteiger partial charge >= 0.3 is 7.60 Å². The van der Waals surface area contributed by atoms with Crippen molar-refractivity contribution in [2.75, 3.05) is 6.16 Å². The van der Waals surface area contributed by atoms with Crippen LogP contribution in [0.4, 0.5) is 0 Å². The number of hydrogen-bond donors (Lipinski definition) is 2. The average molecular weight is 338 g/mol. The Kier molecular flexibility index (Phi) is 13.1. The molecule has 13 heavy (non-hydrogen) atoms. The van der Waals surface area contributed by atoms with Crippen LogP contribution >= 0.6 is 7.60 Å². The SMILES string of the molecule is CCCCCCCCP(=O)(O)O.[Nd]. The molecule has 0 saturated heterocycles. The van der Waals surface area contributed by atoms with Gasteiger partial charge in [-0.05, 0) is 6.42 Å². The van der Waals surface area contributed by atoms with Crippen LogP contribution in [0.5, 0.6) is 0 Å². The molecule has 0 heterocycles. The van der Waals surface area contributed by atoms with E-state index in [0.717, 1.165) is 12.8 Å². The number of unbranched alkanes of at least 4 members (excludes halogenated alkanes) is 5. The van der Waals surface area contributed by atoms with Gasteiger partial charge in [-0.2, -0.15) is 0 Å². The molecule has 0 unspecified atom stereocenters. The average Bonchev–Trinajstić information content (AvgIpc) is 1.94. The predicted molar refractivity (Wildman–Crippen MR) is 50.3 cm³/mol. The third-order valence-corrected chi connectivity index (χ3v) is 2.70. The number of rotatable bonds is 7. The van der Waals surface area contributed by atoms with Crippen molar-refractivity contribution in [1.82, 2.24) is 0 Å². The summed E-state index contributed by atoms with van der Waals surface area (Å²) in [5.74, 6) is 0. The van der Waals surface area contributed by atoms with Crippen molar-refractivity contribution < 1.29 is 55.2 Å². The van der Waals surface area contributed by atoms with Gasteiger partial charge in [0.05, 0.1) is 0 Å². The van der Waals surface area contributed by atoms with E-state index in [0.29, 0.717) is 6.42 Å². The molecule has 0 aliphatic heterocycles. The van der Waals surface area contributed by atoms with E-state index in [2.05, 4.69) is 6.92 Å². The van der Waals surface area contributed by atoms with E-state index in [-0.39, 0.29) is 47.0 Å². The van der Waals surface area contributed by atoms with Gasteiger partial charge in [0.15, 0.2) is 0 Å². The van der Waals surface area contributed by atoms with E-state index < -0.39 is 7.60 Å². The molecule has 78 valence electrons. The van der Waals surface area contributed by atoms with E-state index in [1.54, 1.807) is 0 Å². The van der Waals surface area contributed by atoms with E-state index in [9.17, 15) is 4.57 Å². The van der Waals surface area contributed by atoms with Crippen LogP contribution in [-0.2, 0) is 4.57 Å². The van der Waals surface area contributed by atoms with Crippen molar-refractivity contribution in [2.24, 2.45) is 0 Å². The molecule has 0 aliphatic carbocycles. The second-order valence-electron chi connectivity index (χ2n) is 3.16. The van der Waals surface area contributed by atoms with Crippen LogP contribution < -0.4 is 0 Å². The van der Waals surface area contributed by atoms with Crippen LogP contribution in [0.3, 0.4) is 0 Å². The van der Waals surface area contributed by atoms with Crippen LogP contribution in [0, 0.1) is 40.8 Å². The molecular formula is C8H19NdO3P. The molecule has 0 radical (unpaired) electrons. The van der Waals surface area contributed by atoms with Crippen LogP contribution in [0.2, 0.25) is 0 Å². The Bertz CT molecular complexity index is 146. The van der Waals surface area contributed by atoms with Crippen LogP contribution in [0.25, 0.3) is 0 Å². The fraction of sp³-hybridized carbons (Fsp3) is 1.00. The Hall–Kier alpha value is 1.50. The molecular weight excluding hydrogens is 319 g/mol. The first-order valence-corrected chi connectivity index (χ1v) is 6.40. The summed E-state index contributed by atoms with van der Waals surface area (Å²) in [7, 11) is -3.72. The summed E-state index contributed by atoms with van der Waals surface area (Å²) in [5.41, 5.74) is 0. The zero-order chi connectivity index (χ0) is 9.45. The molecule has 0 aliphatic rings. The minimum absolute atomic E-state index is 0. The second kappa shape index (κ2) is 10.0. The first-order chi connectivity index (χ1) is 5.56. The summed E-state index contributed by atoms with van der Waals surface area (Å²) in [4.78, 5) is 17.1. The largest absolute Gasteiger partial charge is 0.325 e. The van der Waals surface area contributed by atoms with Gasteiger partial charge in [-0.3, -0.25) is 4.57 Å². The molecule has 0 saturated carbocycles. The Morgan fingerprint density at radius 1 is 1.00 bits per heavy atom. The smallest absolute Gasteiger partial charge is 0.324 e. The van der Waals surface area contributed by atoms with Crippen molar-refractivity contribution in [3.63, 3.8) is 0 Å². The van der Waals surface area contributed by atoms with Crippen LogP contribution in [0.1, 0.15) is 45.4 Å². The zero-order valence-corrected chi connectivity index (χ0v) is 12.3.